The van der Waals surface area contributed by atoms with Crippen molar-refractivity contribution in [2.75, 3.05) is 0 Å². The van der Waals surface area contributed by atoms with E-state index in [2.05, 4.69) is 0 Å². The van der Waals surface area contributed by atoms with Gasteiger partial charge in [-0.25, -0.2) is 0 Å². The van der Waals surface area contributed by atoms with Crippen molar-refractivity contribution in [1.82, 2.24) is 0 Å². The maximum atomic E-state index is 10.5. The van der Waals surface area contributed by atoms with Gasteiger partial charge in [-0.3, -0.25) is 9.59 Å². The number of carboxylic acids is 2. The van der Waals surface area contributed by atoms with E-state index in [0.717, 1.165) is 0 Å². The fourth-order valence-corrected chi connectivity index (χ4v) is 1.16. The monoisotopic (exact) mass is 189 g/mol. The van der Waals surface area contributed by atoms with E-state index in [1.807, 2.05) is 0 Å². The second-order valence-electron chi connectivity index (χ2n) is 3.37. The molecule has 0 radical (unpaired) electrons. The Hall–Kier alpha value is -1.10. The van der Waals surface area contributed by atoms with Gasteiger partial charge in [0.1, 0.15) is 6.04 Å². The van der Waals surface area contributed by atoms with Crippen LogP contribution in [0.25, 0.3) is 0 Å². The molecule has 0 aliphatic rings. The third kappa shape index (κ3) is 3.89. The highest BCUT2D eigenvalue weighted by atomic mass is 16.4. The maximum absolute atomic E-state index is 10.5. The Labute approximate surface area is 76.5 Å². The molecule has 5 nitrogen and oxygen atoms in total. The second-order valence-corrected chi connectivity index (χ2v) is 3.37. The van der Waals surface area contributed by atoms with E-state index in [4.69, 9.17) is 15.9 Å². The third-order valence-corrected chi connectivity index (χ3v) is 2.01. The van der Waals surface area contributed by atoms with Gasteiger partial charge < -0.3 is 15.9 Å². The number of hydrogen-bond acceptors (Lipinski definition) is 3. The molecule has 0 aromatic heterocycles. The number of carbonyl (C=O) groups is 2. The molecule has 0 spiro atoms. The van der Waals surface area contributed by atoms with Crippen LogP contribution in [-0.4, -0.2) is 28.2 Å². The van der Waals surface area contributed by atoms with E-state index >= 15 is 0 Å². The van der Waals surface area contributed by atoms with Crippen LogP contribution in [0.1, 0.15) is 20.3 Å². The minimum atomic E-state index is -1.15. The van der Waals surface area contributed by atoms with Gasteiger partial charge >= 0.3 is 11.9 Å². The molecule has 0 fully saturated rings. The summed E-state index contributed by atoms with van der Waals surface area (Å²) in [5.74, 6) is -2.74. The lowest BCUT2D eigenvalue weighted by Gasteiger charge is -2.22. The Balaban J connectivity index is 4.41. The van der Waals surface area contributed by atoms with Gasteiger partial charge in [0.25, 0.3) is 0 Å². The maximum Gasteiger partial charge on any atom is 0.320 e. The number of hydrogen-bond donors (Lipinski definition) is 3. The van der Waals surface area contributed by atoms with Crippen LogP contribution in [0.3, 0.4) is 0 Å². The quantitative estimate of drug-likeness (QED) is 0.571. The Morgan fingerprint density at radius 1 is 1.31 bits per heavy atom. The molecule has 2 unspecified atom stereocenters. The molecular weight excluding hydrogens is 174 g/mol. The van der Waals surface area contributed by atoms with Gasteiger partial charge in [0.15, 0.2) is 0 Å². The number of rotatable bonds is 5. The summed E-state index contributed by atoms with van der Waals surface area (Å²) in [6, 6.07) is -1.10. The Kier molecular flexibility index (Phi) is 4.40. The van der Waals surface area contributed by atoms with Crippen LogP contribution in [0.4, 0.5) is 0 Å². The van der Waals surface area contributed by atoms with Crippen LogP contribution in [0.2, 0.25) is 0 Å². The molecule has 13 heavy (non-hydrogen) atoms. The summed E-state index contributed by atoms with van der Waals surface area (Å²) in [6.07, 6.45) is -0.203. The van der Waals surface area contributed by atoms with E-state index in [0.29, 0.717) is 0 Å². The van der Waals surface area contributed by atoms with Crippen LogP contribution >= 0.6 is 0 Å². The topological polar surface area (TPSA) is 101 Å². The minimum absolute atomic E-state index is 0.0535. The first-order chi connectivity index (χ1) is 5.86. The Morgan fingerprint density at radius 3 is 2.00 bits per heavy atom. The minimum Gasteiger partial charge on any atom is -0.481 e. The molecule has 4 N–H and O–H groups in total. The lowest BCUT2D eigenvalue weighted by molar-refractivity contribution is -0.142. The summed E-state index contributed by atoms with van der Waals surface area (Å²) in [5, 5.41) is 17.1. The molecule has 0 rings (SSSR count). The van der Waals surface area contributed by atoms with E-state index < -0.39 is 23.9 Å². The van der Waals surface area contributed by atoms with Crippen molar-refractivity contribution >= 4 is 11.9 Å². The average Bonchev–Trinajstić information content (AvgIpc) is 1.97. The number of aliphatic carboxylic acids is 2. The molecule has 0 aliphatic carbocycles. The highest BCUT2D eigenvalue weighted by Gasteiger charge is 2.28. The summed E-state index contributed by atoms with van der Waals surface area (Å²) in [5.41, 5.74) is 5.35. The van der Waals surface area contributed by atoms with E-state index in [9.17, 15) is 9.59 Å². The fourth-order valence-electron chi connectivity index (χ4n) is 1.16. The molecule has 5 heteroatoms. The van der Waals surface area contributed by atoms with Gasteiger partial charge in [0.2, 0.25) is 0 Å². The fraction of sp³-hybridized carbons (Fsp3) is 0.750. The molecule has 0 amide bonds. The van der Waals surface area contributed by atoms with Crippen LogP contribution in [0.15, 0.2) is 0 Å². The average molecular weight is 189 g/mol. The van der Waals surface area contributed by atoms with Gasteiger partial charge in [-0.2, -0.15) is 0 Å². The Bertz CT molecular complexity index is 202. The van der Waals surface area contributed by atoms with Crippen LogP contribution in [-0.2, 0) is 9.59 Å². The zero-order valence-electron chi connectivity index (χ0n) is 7.73. The van der Waals surface area contributed by atoms with Gasteiger partial charge in [-0.1, -0.05) is 13.8 Å². The third-order valence-electron chi connectivity index (χ3n) is 2.01. The molecule has 0 saturated carbocycles. The van der Waals surface area contributed by atoms with Crippen molar-refractivity contribution in [2.45, 2.75) is 26.3 Å². The van der Waals surface area contributed by atoms with Gasteiger partial charge in [0.05, 0.1) is 6.42 Å². The molecule has 0 aromatic carbocycles. The number of nitrogens with two attached hydrogens (primary N) is 1. The first-order valence-electron chi connectivity index (χ1n) is 4.06. The predicted molar refractivity (Wildman–Crippen MR) is 46.2 cm³/mol. The first-order valence-corrected chi connectivity index (χ1v) is 4.06. The van der Waals surface area contributed by atoms with Crippen LogP contribution in [0.5, 0.6) is 0 Å². The van der Waals surface area contributed by atoms with Crippen molar-refractivity contribution in [3.05, 3.63) is 0 Å². The molecule has 0 aromatic rings. The Morgan fingerprint density at radius 2 is 1.77 bits per heavy atom. The summed E-state index contributed by atoms with van der Waals surface area (Å²) < 4.78 is 0. The predicted octanol–water partition coefficient (Wildman–Crippen LogP) is 0.145. The van der Waals surface area contributed by atoms with Crippen LogP contribution < -0.4 is 5.73 Å². The number of carboxylic acid groups (broad SMARTS) is 2. The largest absolute Gasteiger partial charge is 0.481 e. The zero-order valence-corrected chi connectivity index (χ0v) is 7.73. The summed E-state index contributed by atoms with van der Waals surface area (Å²) in [4.78, 5) is 20.9. The molecule has 0 aliphatic heterocycles. The summed E-state index contributed by atoms with van der Waals surface area (Å²) >= 11 is 0. The van der Waals surface area contributed by atoms with Gasteiger partial charge in [0, 0.05) is 0 Å². The van der Waals surface area contributed by atoms with E-state index in [1.165, 1.54) is 0 Å². The normalized spacial score (nSPS) is 15.4. The van der Waals surface area contributed by atoms with E-state index in [-0.39, 0.29) is 12.3 Å². The first kappa shape index (κ1) is 11.9. The second kappa shape index (κ2) is 4.81. The summed E-state index contributed by atoms with van der Waals surface area (Å²) in [6.45, 7) is 3.52. The molecule has 0 saturated heterocycles. The molecular formula is C8H15NO4. The SMILES string of the molecule is CC(C)C(CC(=O)O)C(N)C(=O)O. The molecule has 76 valence electrons. The lowest BCUT2D eigenvalue weighted by Crippen LogP contribution is -2.41. The van der Waals surface area contributed by atoms with Crippen molar-refractivity contribution in [1.29, 1.82) is 0 Å². The lowest BCUT2D eigenvalue weighted by atomic mass is 9.86. The standard InChI is InChI=1S/C8H15NO4/c1-4(2)5(3-6(10)11)7(9)8(12)13/h4-5,7H,3,9H2,1-2H3,(H,10,11)(H,12,13). The van der Waals surface area contributed by atoms with Crippen molar-refractivity contribution in [2.24, 2.45) is 17.6 Å². The zero-order chi connectivity index (χ0) is 10.6. The molecule has 0 heterocycles. The van der Waals surface area contributed by atoms with Crippen molar-refractivity contribution in [3.63, 3.8) is 0 Å². The molecule has 0 bridgehead atoms. The summed E-state index contributed by atoms with van der Waals surface area (Å²) in [7, 11) is 0. The smallest absolute Gasteiger partial charge is 0.320 e. The highest BCUT2D eigenvalue weighted by Crippen LogP contribution is 2.18. The molecule has 2 atom stereocenters. The van der Waals surface area contributed by atoms with Gasteiger partial charge in [-0.15, -0.1) is 0 Å². The van der Waals surface area contributed by atoms with Crippen molar-refractivity contribution < 1.29 is 19.8 Å². The van der Waals surface area contributed by atoms with Gasteiger partial charge in [-0.05, 0) is 11.8 Å². The van der Waals surface area contributed by atoms with E-state index in [1.54, 1.807) is 13.8 Å². The van der Waals surface area contributed by atoms with Crippen molar-refractivity contribution in [3.8, 4) is 0 Å². The highest BCUT2D eigenvalue weighted by molar-refractivity contribution is 5.75. The van der Waals surface area contributed by atoms with Crippen LogP contribution in [0, 0.1) is 11.8 Å².